The number of hydrogen-bond donors (Lipinski definition) is 0. The molecule has 1 unspecified atom stereocenters. The van der Waals surface area contributed by atoms with Crippen LogP contribution in [0.3, 0.4) is 0 Å². The largest absolute Gasteiger partial charge is 1.00 e. The fraction of sp³-hybridized carbons (Fsp3) is 1.00. The van der Waals surface area contributed by atoms with Crippen LogP contribution in [-0.4, -0.2) is 45.4 Å². The summed E-state index contributed by atoms with van der Waals surface area (Å²) >= 11 is 0. The molecule has 1 aliphatic rings. The van der Waals surface area contributed by atoms with Crippen LogP contribution in [0.2, 0.25) is 0 Å². The molecule has 13 heavy (non-hydrogen) atoms. The minimum atomic E-state index is 0. The molecule has 0 bridgehead atoms. The Balaban J connectivity index is -0.000000178. The maximum atomic E-state index is 8.25. The Morgan fingerprint density at radius 1 is 1.31 bits per heavy atom. The van der Waals surface area contributed by atoms with Crippen LogP contribution in [0, 0.1) is 0 Å². The van der Waals surface area contributed by atoms with Gasteiger partial charge in [0.25, 0.3) is 0 Å². The van der Waals surface area contributed by atoms with Crippen LogP contribution in [0.4, 0.5) is 0 Å². The second kappa shape index (κ2) is 16.0. The Kier molecular flexibility index (Phi) is 24.6. The van der Waals surface area contributed by atoms with Crippen molar-refractivity contribution in [3.63, 3.8) is 0 Å². The summed E-state index contributed by atoms with van der Waals surface area (Å²) in [5.41, 5.74) is 0. The van der Waals surface area contributed by atoms with Gasteiger partial charge in [0, 0.05) is 20.2 Å². The van der Waals surface area contributed by atoms with Crippen LogP contribution in [0.1, 0.15) is 20.3 Å². The summed E-state index contributed by atoms with van der Waals surface area (Å²) in [6.07, 6.45) is 1.70. The van der Waals surface area contributed by atoms with E-state index in [1.165, 1.54) is 13.0 Å². The quantitative estimate of drug-likeness (QED) is 0.448. The summed E-state index contributed by atoms with van der Waals surface area (Å²) in [6.45, 7) is 6.30. The minimum absolute atomic E-state index is 0. The van der Waals surface area contributed by atoms with Gasteiger partial charge in [-0.3, -0.25) is 0 Å². The van der Waals surface area contributed by atoms with Crippen molar-refractivity contribution in [1.82, 2.24) is 4.90 Å². The van der Waals surface area contributed by atoms with E-state index < -0.39 is 0 Å². The van der Waals surface area contributed by atoms with Crippen LogP contribution in [0.5, 0.6) is 0 Å². The van der Waals surface area contributed by atoms with Crippen LogP contribution in [0.15, 0.2) is 0 Å². The number of likely N-dealkylation sites (tertiary alicyclic amines) is 1. The first-order chi connectivity index (χ1) is 5.83. The fourth-order valence-electron chi connectivity index (χ4n) is 1.09. The van der Waals surface area contributed by atoms with Gasteiger partial charge in [-0.25, -0.2) is 0 Å². The summed E-state index contributed by atoms with van der Waals surface area (Å²) in [4.78, 5) is 2.29. The van der Waals surface area contributed by atoms with E-state index in [0.29, 0.717) is 6.10 Å². The number of likely N-dealkylation sites (N-methyl/N-ethyl adjacent to an activating group) is 1. The van der Waals surface area contributed by atoms with E-state index in [-0.39, 0.29) is 51.4 Å². The molecule has 3 nitrogen and oxygen atoms in total. The normalized spacial score (nSPS) is 20.3. The molecule has 0 aliphatic carbocycles. The predicted octanol–water partition coefficient (Wildman–Crippen LogP) is -2.66. The Morgan fingerprint density at radius 3 is 1.92 bits per heavy atom. The van der Waals surface area contributed by atoms with Crippen molar-refractivity contribution < 1.29 is 61.2 Å². The molecule has 76 valence electrons. The zero-order chi connectivity index (χ0) is 9.98. The Morgan fingerprint density at radius 2 is 1.77 bits per heavy atom. The summed E-state index contributed by atoms with van der Waals surface area (Å²) in [6, 6.07) is 0. The maximum Gasteiger partial charge on any atom is 1.00 e. The van der Waals surface area contributed by atoms with Gasteiger partial charge in [0.15, 0.2) is 0 Å². The average molecular weight is 215 g/mol. The molecule has 0 N–H and O–H groups in total. The van der Waals surface area contributed by atoms with Crippen LogP contribution >= 0.6 is 0 Å². The van der Waals surface area contributed by atoms with Gasteiger partial charge in [-0.2, -0.15) is 7.11 Å². The van der Waals surface area contributed by atoms with E-state index >= 15 is 0 Å². The van der Waals surface area contributed by atoms with Gasteiger partial charge < -0.3 is 14.7 Å². The van der Waals surface area contributed by atoms with E-state index in [2.05, 4.69) is 11.9 Å². The number of methoxy groups -OCH3 is 1. The first-order valence-corrected chi connectivity index (χ1v) is 4.45. The van der Waals surface area contributed by atoms with Gasteiger partial charge in [0.2, 0.25) is 0 Å². The second-order valence-electron chi connectivity index (χ2n) is 2.41. The maximum absolute atomic E-state index is 8.25. The number of ether oxygens (including phenoxy) is 1. The fourth-order valence-corrected chi connectivity index (χ4v) is 1.09. The van der Waals surface area contributed by atoms with Crippen molar-refractivity contribution in [2.45, 2.75) is 26.4 Å². The summed E-state index contributed by atoms with van der Waals surface area (Å²) < 4.78 is 5.14. The molecular weight excluding hydrogens is 193 g/mol. The molecule has 1 saturated heterocycles. The van der Waals surface area contributed by atoms with Gasteiger partial charge in [-0.1, -0.05) is 13.8 Å². The molecule has 0 amide bonds. The van der Waals surface area contributed by atoms with E-state index in [1.54, 1.807) is 7.11 Å². The van der Waals surface area contributed by atoms with Gasteiger partial charge in [0.1, 0.15) is 0 Å². The van der Waals surface area contributed by atoms with Crippen LogP contribution < -0.4 is 56.5 Å². The van der Waals surface area contributed by atoms with E-state index in [1.807, 2.05) is 13.8 Å². The van der Waals surface area contributed by atoms with Crippen molar-refractivity contribution in [1.29, 1.82) is 0 Å². The summed E-state index contributed by atoms with van der Waals surface area (Å²) in [7, 11) is 4.66. The van der Waals surface area contributed by atoms with Gasteiger partial charge in [-0.15, -0.1) is 0 Å². The van der Waals surface area contributed by atoms with Crippen molar-refractivity contribution in [2.24, 2.45) is 0 Å². The Bertz CT molecular complexity index is 84.0. The SMILES string of the molecule is CC.COC1CCN(C)C1.C[O-].[K+]. The molecule has 0 aromatic carbocycles. The third kappa shape index (κ3) is 11.4. The number of nitrogens with zero attached hydrogens (tertiary/aromatic N) is 1. The molecule has 0 radical (unpaired) electrons. The first-order valence-electron chi connectivity index (χ1n) is 4.45. The predicted molar refractivity (Wildman–Crippen MR) is 50.2 cm³/mol. The van der Waals surface area contributed by atoms with Crippen molar-refractivity contribution in [2.75, 3.05) is 34.4 Å². The molecule has 0 spiro atoms. The van der Waals surface area contributed by atoms with Crippen LogP contribution in [0.25, 0.3) is 0 Å². The number of rotatable bonds is 1. The Labute approximate surface area is 125 Å². The topological polar surface area (TPSA) is 35.5 Å². The zero-order valence-electron chi connectivity index (χ0n) is 9.96. The third-order valence-electron chi connectivity index (χ3n) is 1.68. The molecule has 0 aromatic rings. The smallest absolute Gasteiger partial charge is 0.857 e. The van der Waals surface area contributed by atoms with Crippen molar-refractivity contribution in [3.05, 3.63) is 0 Å². The summed E-state index contributed by atoms with van der Waals surface area (Å²) in [5.74, 6) is 0. The third-order valence-corrected chi connectivity index (χ3v) is 1.68. The molecule has 1 heterocycles. The molecule has 0 saturated carbocycles. The Hall–Kier alpha value is 1.52. The first kappa shape index (κ1) is 20.0. The van der Waals surface area contributed by atoms with Gasteiger partial charge >= 0.3 is 51.4 Å². The van der Waals surface area contributed by atoms with E-state index in [4.69, 9.17) is 9.84 Å². The second-order valence-corrected chi connectivity index (χ2v) is 2.41. The van der Waals surface area contributed by atoms with E-state index in [9.17, 15) is 0 Å². The zero-order valence-corrected chi connectivity index (χ0v) is 13.1. The molecular formula is C9H22KNO2. The molecule has 1 atom stereocenters. The average Bonchev–Trinajstić information content (AvgIpc) is 2.58. The molecule has 4 heteroatoms. The van der Waals surface area contributed by atoms with Crippen LogP contribution in [-0.2, 0) is 4.74 Å². The molecule has 1 aliphatic heterocycles. The summed E-state index contributed by atoms with van der Waals surface area (Å²) in [5, 5.41) is 8.25. The van der Waals surface area contributed by atoms with Gasteiger partial charge in [0.05, 0.1) is 6.10 Å². The van der Waals surface area contributed by atoms with Gasteiger partial charge in [-0.05, 0) is 13.5 Å². The minimum Gasteiger partial charge on any atom is -0.857 e. The molecule has 1 rings (SSSR count). The van der Waals surface area contributed by atoms with Crippen molar-refractivity contribution in [3.8, 4) is 0 Å². The van der Waals surface area contributed by atoms with E-state index in [0.717, 1.165) is 13.7 Å². The molecule has 1 fully saturated rings. The number of hydrogen-bond acceptors (Lipinski definition) is 3. The standard InChI is InChI=1S/C6H13NO.C2H6.CH3O.K/c1-7-4-3-6(5-7)8-2;2*1-2;/h6H,3-5H2,1-2H3;1-2H3;1H3;/q;;-1;+1. The van der Waals surface area contributed by atoms with Crippen molar-refractivity contribution >= 4 is 0 Å². The molecule has 0 aromatic heterocycles. The monoisotopic (exact) mass is 215 g/mol.